The standard InChI is InChI=1S/C28H26N6O7S/c1-28(2,27(39)40)41-32-20(18-8-5-9-19(29)30-18)23(35)31-21-24(36)34-22(26(37)38)17(14-42-25(21)34)13-33-11-10-15-6-3-4-7-16(15)12-33/h3-12,21,25H,13-14H2,1-2H3,(H4-,29,30,31,35,37,38,39,40)/p+1/b32-20-/t21?,25-/m1/s1. The molecular weight excluding hydrogens is 564 g/mol. The highest BCUT2D eigenvalue weighted by Gasteiger charge is 2.55. The summed E-state index contributed by atoms with van der Waals surface area (Å²) < 4.78 is 1.87. The van der Waals surface area contributed by atoms with E-state index in [0.29, 0.717) is 11.3 Å². The number of nitrogens with zero attached hydrogens (tertiary/aromatic N) is 4. The van der Waals surface area contributed by atoms with Crippen LogP contribution in [0.4, 0.5) is 5.82 Å². The van der Waals surface area contributed by atoms with Gasteiger partial charge in [0.15, 0.2) is 24.7 Å². The lowest BCUT2D eigenvalue weighted by Gasteiger charge is -2.49. The van der Waals surface area contributed by atoms with Crippen molar-refractivity contribution in [2.75, 3.05) is 11.5 Å². The second-order valence-electron chi connectivity index (χ2n) is 10.2. The van der Waals surface area contributed by atoms with Gasteiger partial charge in [0.2, 0.25) is 5.60 Å². The number of thioether (sulfide) groups is 1. The molecule has 0 radical (unpaired) electrons. The third-order valence-electron chi connectivity index (χ3n) is 6.76. The van der Waals surface area contributed by atoms with Crippen LogP contribution in [0.15, 0.2) is 77.4 Å². The average Bonchev–Trinajstić information content (AvgIpc) is 2.95. The third kappa shape index (κ3) is 5.48. The molecule has 0 bridgehead atoms. The molecule has 13 nitrogen and oxygen atoms in total. The molecule has 1 saturated heterocycles. The predicted molar refractivity (Wildman–Crippen MR) is 152 cm³/mol. The number of anilines is 1. The Morgan fingerprint density at radius 1 is 1.17 bits per heavy atom. The van der Waals surface area contributed by atoms with Crippen molar-refractivity contribution in [3.05, 3.63) is 77.9 Å². The fourth-order valence-corrected chi connectivity index (χ4v) is 5.83. The van der Waals surface area contributed by atoms with Crippen molar-refractivity contribution in [1.82, 2.24) is 15.2 Å². The van der Waals surface area contributed by atoms with Gasteiger partial charge in [-0.25, -0.2) is 19.1 Å². The van der Waals surface area contributed by atoms with E-state index in [4.69, 9.17) is 10.6 Å². The summed E-state index contributed by atoms with van der Waals surface area (Å²) in [7, 11) is 0. The molecule has 1 unspecified atom stereocenters. The summed E-state index contributed by atoms with van der Waals surface area (Å²) in [5.41, 5.74) is 4.02. The molecule has 2 aliphatic heterocycles. The Hall–Kier alpha value is -4.98. The highest BCUT2D eigenvalue weighted by molar-refractivity contribution is 8.00. The van der Waals surface area contributed by atoms with Gasteiger partial charge in [0.05, 0.1) is 0 Å². The first kappa shape index (κ1) is 28.5. The first-order valence-corrected chi connectivity index (χ1v) is 13.8. The van der Waals surface area contributed by atoms with E-state index in [2.05, 4.69) is 15.5 Å². The number of carboxylic acid groups (broad SMARTS) is 2. The summed E-state index contributed by atoms with van der Waals surface area (Å²) in [4.78, 5) is 60.8. The van der Waals surface area contributed by atoms with Crippen molar-refractivity contribution in [3.8, 4) is 0 Å². The summed E-state index contributed by atoms with van der Waals surface area (Å²) in [6, 6.07) is 13.1. The van der Waals surface area contributed by atoms with Crippen LogP contribution < -0.4 is 15.6 Å². The van der Waals surface area contributed by atoms with Gasteiger partial charge in [0.25, 0.3) is 11.8 Å². The Balaban J connectivity index is 1.38. The summed E-state index contributed by atoms with van der Waals surface area (Å²) >= 11 is 1.32. The molecule has 5 N–H and O–H groups in total. The van der Waals surface area contributed by atoms with Crippen LogP contribution >= 0.6 is 11.8 Å². The number of pyridine rings is 2. The highest BCUT2D eigenvalue weighted by Crippen LogP contribution is 2.40. The number of hydrogen-bond acceptors (Lipinski definition) is 9. The van der Waals surface area contributed by atoms with Crippen LogP contribution in [0.3, 0.4) is 0 Å². The minimum atomic E-state index is -1.77. The zero-order chi connectivity index (χ0) is 30.2. The number of nitrogens with two attached hydrogens (primary N) is 1. The predicted octanol–water partition coefficient (Wildman–Crippen LogP) is 1.13. The number of benzene rings is 1. The zero-order valence-corrected chi connectivity index (χ0v) is 23.4. The number of carbonyl (C=O) groups is 4. The molecule has 0 aliphatic carbocycles. The topological polar surface area (TPSA) is 188 Å². The van der Waals surface area contributed by atoms with E-state index in [9.17, 15) is 29.4 Å². The Labute approximate surface area is 243 Å². The van der Waals surface area contributed by atoms with Crippen LogP contribution in [-0.4, -0.2) is 72.3 Å². The number of fused-ring (bicyclic) bond motifs is 2. The minimum absolute atomic E-state index is 0.00516. The van der Waals surface area contributed by atoms with Gasteiger partial charge in [-0.05, 0) is 37.4 Å². The summed E-state index contributed by atoms with van der Waals surface area (Å²) in [5, 5.41) is 27.1. The van der Waals surface area contributed by atoms with Gasteiger partial charge < -0.3 is 26.1 Å². The van der Waals surface area contributed by atoms with Gasteiger partial charge in [0, 0.05) is 22.8 Å². The fourth-order valence-electron chi connectivity index (χ4n) is 4.50. The molecule has 216 valence electrons. The van der Waals surface area contributed by atoms with Gasteiger partial charge in [-0.15, -0.1) is 11.8 Å². The van der Waals surface area contributed by atoms with Crippen molar-refractivity contribution in [2.24, 2.45) is 5.16 Å². The minimum Gasteiger partial charge on any atom is -0.478 e. The largest absolute Gasteiger partial charge is 0.478 e. The average molecular weight is 592 g/mol. The van der Waals surface area contributed by atoms with Crippen molar-refractivity contribution < 1.29 is 38.8 Å². The summed E-state index contributed by atoms with van der Waals surface area (Å²) in [5.74, 6) is -3.65. The molecule has 2 atom stereocenters. The monoisotopic (exact) mass is 591 g/mol. The smallest absolute Gasteiger partial charge is 0.352 e. The van der Waals surface area contributed by atoms with Crippen LogP contribution in [0.5, 0.6) is 0 Å². The number of carboxylic acids is 2. The van der Waals surface area contributed by atoms with E-state index < -0.39 is 46.5 Å². The molecule has 1 aromatic carbocycles. The van der Waals surface area contributed by atoms with Crippen LogP contribution in [0.1, 0.15) is 19.5 Å². The van der Waals surface area contributed by atoms with Crippen molar-refractivity contribution in [2.45, 2.75) is 37.4 Å². The molecule has 0 spiro atoms. The van der Waals surface area contributed by atoms with E-state index in [0.717, 1.165) is 10.8 Å². The molecule has 5 rings (SSSR count). The number of nitrogen functional groups attached to an aromatic ring is 1. The van der Waals surface area contributed by atoms with E-state index in [1.165, 1.54) is 48.7 Å². The van der Waals surface area contributed by atoms with Gasteiger partial charge >= 0.3 is 11.9 Å². The maximum atomic E-state index is 13.3. The molecular formula is C28H27N6O7S+. The van der Waals surface area contributed by atoms with Crippen molar-refractivity contribution >= 4 is 57.8 Å². The third-order valence-corrected chi connectivity index (χ3v) is 8.10. The lowest BCUT2D eigenvalue weighted by molar-refractivity contribution is -0.687. The number of nitrogens with one attached hydrogen (secondary N) is 1. The Morgan fingerprint density at radius 2 is 1.90 bits per heavy atom. The molecule has 42 heavy (non-hydrogen) atoms. The van der Waals surface area contributed by atoms with E-state index >= 15 is 0 Å². The molecule has 1 fully saturated rings. The number of aromatic nitrogens is 2. The van der Waals surface area contributed by atoms with E-state index in [1.54, 1.807) is 0 Å². The number of aliphatic carboxylic acids is 2. The van der Waals surface area contributed by atoms with Crippen LogP contribution in [0, 0.1) is 0 Å². The van der Waals surface area contributed by atoms with E-state index in [-0.39, 0.29) is 23.8 Å². The molecule has 14 heteroatoms. The Bertz CT molecular complexity index is 1690. The van der Waals surface area contributed by atoms with Gasteiger partial charge in [-0.3, -0.25) is 14.5 Å². The zero-order valence-electron chi connectivity index (χ0n) is 22.6. The molecule has 2 aliphatic rings. The van der Waals surface area contributed by atoms with Crippen LogP contribution in [-0.2, 0) is 30.6 Å². The lowest BCUT2D eigenvalue weighted by atomic mass is 10.0. The Morgan fingerprint density at radius 3 is 2.60 bits per heavy atom. The second-order valence-corrected chi connectivity index (χ2v) is 11.3. The lowest BCUT2D eigenvalue weighted by Crippen LogP contribution is -2.71. The molecule has 2 aromatic heterocycles. The quantitative estimate of drug-likeness (QED) is 0.122. The van der Waals surface area contributed by atoms with E-state index in [1.807, 2.05) is 47.3 Å². The Kier molecular flexibility index (Phi) is 7.56. The number of rotatable bonds is 9. The van der Waals surface area contributed by atoms with Crippen LogP contribution in [0.2, 0.25) is 0 Å². The first-order valence-electron chi connectivity index (χ1n) is 12.8. The highest BCUT2D eigenvalue weighted by atomic mass is 32.2. The maximum absolute atomic E-state index is 13.3. The summed E-state index contributed by atoms with van der Waals surface area (Å²) in [6.45, 7) is 2.77. The normalized spacial score (nSPS) is 18.8. The molecule has 4 heterocycles. The number of carbonyl (C=O) groups excluding carboxylic acids is 2. The number of oxime groups is 1. The summed E-state index contributed by atoms with van der Waals surface area (Å²) in [6.07, 6.45) is 3.77. The fraction of sp³-hybridized carbons (Fsp3) is 0.250. The van der Waals surface area contributed by atoms with Gasteiger partial charge in [0.1, 0.15) is 28.6 Å². The van der Waals surface area contributed by atoms with Gasteiger partial charge in [-0.1, -0.05) is 29.4 Å². The molecule has 2 amide bonds. The van der Waals surface area contributed by atoms with Gasteiger partial charge in [-0.2, -0.15) is 0 Å². The molecule has 3 aromatic rings. The number of β-lactam (4-membered cyclic amide) rings is 1. The van der Waals surface area contributed by atoms with Crippen LogP contribution in [0.25, 0.3) is 10.8 Å². The number of hydrogen-bond donors (Lipinski definition) is 4. The SMILES string of the molecule is CC(C)(O/N=C(\C(=O)NC1C(=O)N2C(C(=O)O)=C(C[n+]3ccc4ccccc4c3)CS[C@H]12)c1cccc(N)n1)C(=O)O. The second kappa shape index (κ2) is 11.1. The number of amides is 2. The van der Waals surface area contributed by atoms with Crippen molar-refractivity contribution in [1.29, 1.82) is 0 Å². The van der Waals surface area contributed by atoms with Crippen molar-refractivity contribution in [3.63, 3.8) is 0 Å². The first-order chi connectivity index (χ1) is 20.0. The maximum Gasteiger partial charge on any atom is 0.352 e. The molecule has 0 saturated carbocycles.